The van der Waals surface area contributed by atoms with E-state index >= 15 is 0 Å². The Bertz CT molecular complexity index is 709. The molecule has 1 saturated carbocycles. The maximum absolute atomic E-state index is 12.3. The first-order valence-corrected chi connectivity index (χ1v) is 8.81. The number of hydrogen-bond acceptors (Lipinski definition) is 4. The molecular formula is C16H18N2O3S. The molecule has 0 radical (unpaired) electrons. The van der Waals surface area contributed by atoms with Crippen molar-refractivity contribution in [3.63, 3.8) is 0 Å². The molecule has 1 aliphatic rings. The molecule has 0 atom stereocenters. The average molecular weight is 318 g/mol. The topological polar surface area (TPSA) is 68.3 Å². The molecule has 1 N–H and O–H groups in total. The van der Waals surface area contributed by atoms with Crippen LogP contribution in [0.3, 0.4) is 0 Å². The molecular weight excluding hydrogens is 300 g/mol. The molecule has 22 heavy (non-hydrogen) atoms. The molecule has 0 aliphatic heterocycles. The zero-order valence-corrected chi connectivity index (χ0v) is 12.9. The Labute approximate surface area is 130 Å². The minimum atomic E-state index is -3.60. The summed E-state index contributed by atoms with van der Waals surface area (Å²) in [5.74, 6) is 0.715. The van der Waals surface area contributed by atoms with Crippen LogP contribution in [-0.4, -0.2) is 19.5 Å². The monoisotopic (exact) mass is 318 g/mol. The van der Waals surface area contributed by atoms with E-state index in [9.17, 15) is 8.42 Å². The highest BCUT2D eigenvalue weighted by molar-refractivity contribution is 7.92. The number of benzene rings is 1. The summed E-state index contributed by atoms with van der Waals surface area (Å²) in [4.78, 5) is 4.09. The van der Waals surface area contributed by atoms with Gasteiger partial charge in [-0.3, -0.25) is 9.71 Å². The van der Waals surface area contributed by atoms with Crippen LogP contribution < -0.4 is 9.46 Å². The van der Waals surface area contributed by atoms with Crippen LogP contribution in [0.2, 0.25) is 0 Å². The standard InChI is InChI=1S/C16H18N2O3S/c19-22(20,18-13-4-3-11-17-12-13)16-9-7-15(8-10-16)21-14-5-1-2-6-14/h3-4,7-12,14,18H,1-2,5-6H2. The number of nitrogens with zero attached hydrogens (tertiary/aromatic N) is 1. The minimum absolute atomic E-state index is 0.204. The van der Waals surface area contributed by atoms with Crippen molar-refractivity contribution in [2.45, 2.75) is 36.7 Å². The second kappa shape index (κ2) is 6.36. The number of nitrogens with one attached hydrogen (secondary N) is 1. The van der Waals surface area contributed by atoms with Gasteiger partial charge in [-0.05, 0) is 62.1 Å². The number of pyridine rings is 1. The molecule has 0 amide bonds. The molecule has 0 spiro atoms. The largest absolute Gasteiger partial charge is 0.490 e. The van der Waals surface area contributed by atoms with Gasteiger partial charge in [0.15, 0.2) is 0 Å². The van der Waals surface area contributed by atoms with Gasteiger partial charge in [-0.25, -0.2) is 8.42 Å². The SMILES string of the molecule is O=S(=O)(Nc1cccnc1)c1ccc(OC2CCCC2)cc1. The van der Waals surface area contributed by atoms with E-state index in [-0.39, 0.29) is 11.0 Å². The van der Waals surface area contributed by atoms with Gasteiger partial charge in [0, 0.05) is 6.20 Å². The van der Waals surface area contributed by atoms with Crippen molar-refractivity contribution < 1.29 is 13.2 Å². The van der Waals surface area contributed by atoms with Gasteiger partial charge in [0.2, 0.25) is 0 Å². The first kappa shape index (κ1) is 14.8. The lowest BCUT2D eigenvalue weighted by Crippen LogP contribution is -2.13. The van der Waals surface area contributed by atoms with E-state index in [0.29, 0.717) is 11.4 Å². The lowest BCUT2D eigenvalue weighted by Gasteiger charge is -2.13. The molecule has 0 bridgehead atoms. The molecule has 5 nitrogen and oxygen atoms in total. The number of sulfonamides is 1. The van der Waals surface area contributed by atoms with Gasteiger partial charge < -0.3 is 4.74 Å². The Morgan fingerprint density at radius 3 is 2.45 bits per heavy atom. The maximum atomic E-state index is 12.3. The van der Waals surface area contributed by atoms with Crippen LogP contribution in [0.5, 0.6) is 5.75 Å². The molecule has 2 aromatic rings. The molecule has 1 aromatic heterocycles. The quantitative estimate of drug-likeness (QED) is 0.919. The summed E-state index contributed by atoms with van der Waals surface area (Å²) in [6.07, 6.45) is 7.86. The van der Waals surface area contributed by atoms with Gasteiger partial charge >= 0.3 is 0 Å². The summed E-state index contributed by atoms with van der Waals surface area (Å²) < 4.78 is 32.9. The summed E-state index contributed by atoms with van der Waals surface area (Å²) in [7, 11) is -3.60. The molecule has 1 aromatic carbocycles. The van der Waals surface area contributed by atoms with Crippen LogP contribution in [0, 0.1) is 0 Å². The highest BCUT2D eigenvalue weighted by Gasteiger charge is 2.18. The number of hydrogen-bond donors (Lipinski definition) is 1. The van der Waals surface area contributed by atoms with Crippen molar-refractivity contribution in [1.82, 2.24) is 4.98 Å². The normalized spacial score (nSPS) is 15.6. The summed E-state index contributed by atoms with van der Waals surface area (Å²) in [5.41, 5.74) is 0.439. The highest BCUT2D eigenvalue weighted by Crippen LogP contribution is 2.25. The Kier molecular flexibility index (Phi) is 4.29. The lowest BCUT2D eigenvalue weighted by atomic mass is 10.3. The minimum Gasteiger partial charge on any atom is -0.490 e. The Morgan fingerprint density at radius 2 is 1.82 bits per heavy atom. The van der Waals surface area contributed by atoms with Crippen LogP contribution in [0.25, 0.3) is 0 Å². The van der Waals surface area contributed by atoms with Crippen molar-refractivity contribution in [2.24, 2.45) is 0 Å². The Hall–Kier alpha value is -2.08. The Balaban J connectivity index is 1.71. The van der Waals surface area contributed by atoms with Crippen LogP contribution in [-0.2, 0) is 10.0 Å². The number of ether oxygens (including phenoxy) is 1. The number of anilines is 1. The first-order valence-electron chi connectivity index (χ1n) is 7.33. The second-order valence-corrected chi connectivity index (χ2v) is 7.03. The van der Waals surface area contributed by atoms with Crippen LogP contribution >= 0.6 is 0 Å². The van der Waals surface area contributed by atoms with E-state index in [4.69, 9.17) is 4.74 Å². The van der Waals surface area contributed by atoms with E-state index < -0.39 is 10.0 Å². The molecule has 6 heteroatoms. The van der Waals surface area contributed by atoms with Gasteiger partial charge in [-0.15, -0.1) is 0 Å². The predicted molar refractivity (Wildman–Crippen MR) is 84.4 cm³/mol. The maximum Gasteiger partial charge on any atom is 0.261 e. The molecule has 1 aliphatic carbocycles. The Morgan fingerprint density at radius 1 is 1.09 bits per heavy atom. The molecule has 1 heterocycles. The zero-order chi connectivity index (χ0) is 15.4. The van der Waals surface area contributed by atoms with E-state index in [1.807, 2.05) is 0 Å². The number of rotatable bonds is 5. The van der Waals surface area contributed by atoms with E-state index in [1.165, 1.54) is 19.0 Å². The summed E-state index contributed by atoms with van der Waals surface area (Å²) in [5, 5.41) is 0. The third-order valence-electron chi connectivity index (χ3n) is 3.65. The van der Waals surface area contributed by atoms with Crippen molar-refractivity contribution in [3.8, 4) is 5.75 Å². The molecule has 1 fully saturated rings. The van der Waals surface area contributed by atoms with Gasteiger partial charge in [0.25, 0.3) is 10.0 Å². The summed E-state index contributed by atoms with van der Waals surface area (Å²) >= 11 is 0. The third-order valence-corrected chi connectivity index (χ3v) is 5.05. The fourth-order valence-corrected chi connectivity index (χ4v) is 3.58. The lowest BCUT2D eigenvalue weighted by molar-refractivity contribution is 0.210. The van der Waals surface area contributed by atoms with Crippen molar-refractivity contribution in [3.05, 3.63) is 48.8 Å². The smallest absolute Gasteiger partial charge is 0.261 e. The molecule has 3 rings (SSSR count). The van der Waals surface area contributed by atoms with E-state index in [1.54, 1.807) is 42.6 Å². The van der Waals surface area contributed by atoms with E-state index in [2.05, 4.69) is 9.71 Å². The van der Waals surface area contributed by atoms with Crippen molar-refractivity contribution in [1.29, 1.82) is 0 Å². The van der Waals surface area contributed by atoms with Crippen LogP contribution in [0.15, 0.2) is 53.7 Å². The van der Waals surface area contributed by atoms with Gasteiger partial charge in [-0.1, -0.05) is 0 Å². The third kappa shape index (κ3) is 3.57. The summed E-state index contributed by atoms with van der Waals surface area (Å²) in [6.45, 7) is 0. The van der Waals surface area contributed by atoms with Crippen molar-refractivity contribution >= 4 is 15.7 Å². The van der Waals surface area contributed by atoms with Gasteiger partial charge in [0.05, 0.1) is 22.9 Å². The first-order chi connectivity index (χ1) is 10.6. The summed E-state index contributed by atoms with van der Waals surface area (Å²) in [6, 6.07) is 9.86. The van der Waals surface area contributed by atoms with Crippen molar-refractivity contribution in [2.75, 3.05) is 4.72 Å². The second-order valence-electron chi connectivity index (χ2n) is 5.34. The van der Waals surface area contributed by atoms with Crippen LogP contribution in [0.1, 0.15) is 25.7 Å². The van der Waals surface area contributed by atoms with Gasteiger partial charge in [0.1, 0.15) is 5.75 Å². The molecule has 0 unspecified atom stereocenters. The zero-order valence-electron chi connectivity index (χ0n) is 12.1. The van der Waals surface area contributed by atoms with Gasteiger partial charge in [-0.2, -0.15) is 0 Å². The fourth-order valence-electron chi connectivity index (χ4n) is 2.53. The predicted octanol–water partition coefficient (Wildman–Crippen LogP) is 3.20. The van der Waals surface area contributed by atoms with E-state index in [0.717, 1.165) is 12.8 Å². The highest BCUT2D eigenvalue weighted by atomic mass is 32.2. The fraction of sp³-hybridized carbons (Fsp3) is 0.312. The number of aromatic nitrogens is 1. The molecule has 0 saturated heterocycles. The average Bonchev–Trinajstić information content (AvgIpc) is 3.01. The molecule has 116 valence electrons. The van der Waals surface area contributed by atoms with Crippen LogP contribution in [0.4, 0.5) is 5.69 Å².